The third kappa shape index (κ3) is 3.33. The summed E-state index contributed by atoms with van der Waals surface area (Å²) in [6.07, 6.45) is 5.73. The second kappa shape index (κ2) is 6.59. The van der Waals surface area contributed by atoms with Crippen molar-refractivity contribution in [2.75, 3.05) is 13.1 Å². The molecule has 2 amide bonds. The molecule has 0 N–H and O–H groups in total. The first-order valence-electron chi connectivity index (χ1n) is 8.10. The van der Waals surface area contributed by atoms with Crippen molar-refractivity contribution in [2.45, 2.75) is 71.4 Å². The highest BCUT2D eigenvalue weighted by atomic mass is 16.2. The Morgan fingerprint density at radius 3 is 2.60 bits per heavy atom. The van der Waals surface area contributed by atoms with Gasteiger partial charge in [-0.2, -0.15) is 0 Å². The number of carbonyl (C=O) groups excluding carboxylic acids is 2. The molecular formula is C16H28N2O2. The molecule has 0 radical (unpaired) electrons. The van der Waals surface area contributed by atoms with Crippen molar-refractivity contribution in [3.05, 3.63) is 0 Å². The van der Waals surface area contributed by atoms with E-state index in [4.69, 9.17) is 0 Å². The van der Waals surface area contributed by atoms with Crippen molar-refractivity contribution >= 4 is 11.8 Å². The molecule has 0 aromatic rings. The number of hydrogen-bond acceptors (Lipinski definition) is 2. The van der Waals surface area contributed by atoms with Crippen LogP contribution in [-0.4, -0.2) is 46.8 Å². The second-order valence-corrected chi connectivity index (χ2v) is 6.70. The zero-order valence-corrected chi connectivity index (χ0v) is 13.1. The molecule has 2 saturated heterocycles. The molecule has 2 aliphatic rings. The average Bonchev–Trinajstić information content (AvgIpc) is 2.83. The fourth-order valence-corrected chi connectivity index (χ4v) is 3.40. The highest BCUT2D eigenvalue weighted by molar-refractivity contribution is 5.90. The second-order valence-electron chi connectivity index (χ2n) is 6.70. The Morgan fingerprint density at radius 1 is 1.15 bits per heavy atom. The molecule has 0 saturated carbocycles. The van der Waals surface area contributed by atoms with Crippen LogP contribution in [0.25, 0.3) is 0 Å². The molecular weight excluding hydrogens is 252 g/mol. The zero-order valence-electron chi connectivity index (χ0n) is 13.1. The summed E-state index contributed by atoms with van der Waals surface area (Å²) in [6.45, 7) is 7.97. The van der Waals surface area contributed by atoms with Gasteiger partial charge in [0.25, 0.3) is 0 Å². The van der Waals surface area contributed by atoms with Crippen molar-refractivity contribution in [1.82, 2.24) is 9.80 Å². The third-order valence-electron chi connectivity index (χ3n) is 4.64. The van der Waals surface area contributed by atoms with E-state index in [1.807, 2.05) is 9.80 Å². The summed E-state index contributed by atoms with van der Waals surface area (Å²) >= 11 is 0. The summed E-state index contributed by atoms with van der Waals surface area (Å²) in [6, 6.07) is 0.0900. The molecule has 2 aliphatic heterocycles. The summed E-state index contributed by atoms with van der Waals surface area (Å²) < 4.78 is 0. The fourth-order valence-electron chi connectivity index (χ4n) is 3.40. The number of amides is 2. The number of nitrogens with zero attached hydrogens (tertiary/aromatic N) is 2. The molecule has 4 heteroatoms. The quantitative estimate of drug-likeness (QED) is 0.776. The smallest absolute Gasteiger partial charge is 0.245 e. The van der Waals surface area contributed by atoms with Crippen molar-refractivity contribution < 1.29 is 9.59 Å². The highest BCUT2D eigenvalue weighted by Gasteiger charge is 2.40. The standard InChI is InChI=1S/C16H28N2O2/c1-12(2)6-4-7-13(3)17-11-9-15(19)18-10-5-8-14(18)16(17)20/h12-14H,4-11H2,1-3H3. The average molecular weight is 280 g/mol. The molecule has 2 atom stereocenters. The normalized spacial score (nSPS) is 25.1. The van der Waals surface area contributed by atoms with Gasteiger partial charge in [-0.1, -0.05) is 26.7 Å². The molecule has 0 spiro atoms. The Labute approximate surface area is 122 Å². The van der Waals surface area contributed by atoms with E-state index in [2.05, 4.69) is 20.8 Å². The van der Waals surface area contributed by atoms with Gasteiger partial charge in [-0.05, 0) is 32.1 Å². The summed E-state index contributed by atoms with van der Waals surface area (Å²) in [7, 11) is 0. The first kappa shape index (κ1) is 15.3. The Morgan fingerprint density at radius 2 is 1.90 bits per heavy atom. The van der Waals surface area contributed by atoms with Gasteiger partial charge in [0.1, 0.15) is 6.04 Å². The molecule has 4 nitrogen and oxygen atoms in total. The van der Waals surface area contributed by atoms with Gasteiger partial charge in [-0.25, -0.2) is 0 Å². The van der Waals surface area contributed by atoms with E-state index in [0.29, 0.717) is 18.9 Å². The minimum atomic E-state index is -0.169. The Bertz CT molecular complexity index is 367. The number of fused-ring (bicyclic) bond motifs is 1. The molecule has 2 heterocycles. The van der Waals surface area contributed by atoms with E-state index >= 15 is 0 Å². The monoisotopic (exact) mass is 280 g/mol. The molecule has 0 bridgehead atoms. The van der Waals surface area contributed by atoms with Gasteiger partial charge in [0.2, 0.25) is 11.8 Å². The number of rotatable bonds is 5. The molecule has 114 valence electrons. The number of hydrogen-bond donors (Lipinski definition) is 0. The van der Waals surface area contributed by atoms with Crippen LogP contribution >= 0.6 is 0 Å². The zero-order chi connectivity index (χ0) is 14.7. The molecule has 2 unspecified atom stereocenters. The van der Waals surface area contributed by atoms with Gasteiger partial charge >= 0.3 is 0 Å². The Kier molecular flexibility index (Phi) is 5.06. The summed E-state index contributed by atoms with van der Waals surface area (Å²) in [5.74, 6) is 1.07. The van der Waals surface area contributed by atoms with Crippen LogP contribution in [0, 0.1) is 5.92 Å². The first-order valence-corrected chi connectivity index (χ1v) is 8.10. The van der Waals surface area contributed by atoms with Gasteiger partial charge in [0.15, 0.2) is 0 Å². The van der Waals surface area contributed by atoms with Crippen molar-refractivity contribution in [3.63, 3.8) is 0 Å². The molecule has 2 rings (SSSR count). The van der Waals surface area contributed by atoms with Gasteiger partial charge in [0.05, 0.1) is 0 Å². The van der Waals surface area contributed by atoms with Gasteiger partial charge in [-0.15, -0.1) is 0 Å². The van der Waals surface area contributed by atoms with E-state index in [0.717, 1.165) is 32.2 Å². The molecule has 20 heavy (non-hydrogen) atoms. The number of carbonyl (C=O) groups is 2. The van der Waals surface area contributed by atoms with E-state index in [9.17, 15) is 9.59 Å². The van der Waals surface area contributed by atoms with E-state index in [-0.39, 0.29) is 23.9 Å². The van der Waals surface area contributed by atoms with Gasteiger partial charge in [0, 0.05) is 25.6 Å². The lowest BCUT2D eigenvalue weighted by Crippen LogP contribution is -2.46. The molecule has 0 aliphatic carbocycles. The van der Waals surface area contributed by atoms with Crippen molar-refractivity contribution in [3.8, 4) is 0 Å². The third-order valence-corrected chi connectivity index (χ3v) is 4.64. The van der Waals surface area contributed by atoms with Crippen LogP contribution in [0.1, 0.15) is 59.3 Å². The lowest BCUT2D eigenvalue weighted by Gasteiger charge is -2.30. The lowest BCUT2D eigenvalue weighted by molar-refractivity contribution is -0.140. The van der Waals surface area contributed by atoms with Crippen LogP contribution < -0.4 is 0 Å². The maximum Gasteiger partial charge on any atom is 0.245 e. The maximum atomic E-state index is 12.6. The minimum absolute atomic E-state index is 0.165. The van der Waals surface area contributed by atoms with Crippen LogP contribution in [0.3, 0.4) is 0 Å². The van der Waals surface area contributed by atoms with E-state index in [1.165, 1.54) is 6.42 Å². The summed E-state index contributed by atoms with van der Waals surface area (Å²) in [4.78, 5) is 28.5. The largest absolute Gasteiger partial charge is 0.338 e. The van der Waals surface area contributed by atoms with Crippen molar-refractivity contribution in [2.24, 2.45) is 5.92 Å². The van der Waals surface area contributed by atoms with E-state index < -0.39 is 0 Å². The summed E-state index contributed by atoms with van der Waals surface area (Å²) in [5.41, 5.74) is 0. The SMILES string of the molecule is CC(C)CCCC(C)N1CCC(=O)N2CCCC2C1=O. The lowest BCUT2D eigenvalue weighted by atomic mass is 10.0. The topological polar surface area (TPSA) is 40.6 Å². The van der Waals surface area contributed by atoms with E-state index in [1.54, 1.807) is 0 Å². The molecule has 0 aromatic carbocycles. The Hall–Kier alpha value is -1.06. The van der Waals surface area contributed by atoms with Crippen LogP contribution in [0.4, 0.5) is 0 Å². The van der Waals surface area contributed by atoms with Gasteiger partial charge in [-0.3, -0.25) is 9.59 Å². The minimum Gasteiger partial charge on any atom is -0.338 e. The predicted octanol–water partition coefficient (Wildman–Crippen LogP) is 2.42. The predicted molar refractivity (Wildman–Crippen MR) is 79.2 cm³/mol. The maximum absolute atomic E-state index is 12.6. The summed E-state index contributed by atoms with van der Waals surface area (Å²) in [5, 5.41) is 0. The first-order chi connectivity index (χ1) is 9.50. The Balaban J connectivity index is 1.96. The van der Waals surface area contributed by atoms with Gasteiger partial charge < -0.3 is 9.80 Å². The van der Waals surface area contributed by atoms with Crippen molar-refractivity contribution in [1.29, 1.82) is 0 Å². The highest BCUT2D eigenvalue weighted by Crippen LogP contribution is 2.25. The van der Waals surface area contributed by atoms with Crippen LogP contribution in [0.15, 0.2) is 0 Å². The van der Waals surface area contributed by atoms with Crippen LogP contribution in [-0.2, 0) is 9.59 Å². The molecule has 2 fully saturated rings. The molecule has 0 aromatic heterocycles. The fraction of sp³-hybridized carbons (Fsp3) is 0.875. The van der Waals surface area contributed by atoms with Crippen LogP contribution in [0.2, 0.25) is 0 Å². The van der Waals surface area contributed by atoms with Crippen LogP contribution in [0.5, 0.6) is 0 Å².